The molecule has 3 aromatic rings. The highest BCUT2D eigenvalue weighted by atomic mass is 19.1. The van der Waals surface area contributed by atoms with Crippen molar-refractivity contribution in [3.63, 3.8) is 0 Å². The summed E-state index contributed by atoms with van der Waals surface area (Å²) in [5, 5.41) is 13.0. The zero-order valence-electron chi connectivity index (χ0n) is 22.5. The molecule has 1 aromatic heterocycles. The molecule has 2 atom stereocenters. The minimum absolute atomic E-state index is 0.316. The maximum Gasteiger partial charge on any atom is 0.230 e. The molecule has 40 heavy (non-hydrogen) atoms. The molecule has 0 spiro atoms. The Morgan fingerprint density at radius 1 is 1.05 bits per heavy atom. The Morgan fingerprint density at radius 3 is 2.55 bits per heavy atom. The molecule has 3 aliphatic rings. The lowest BCUT2D eigenvalue weighted by Crippen LogP contribution is -2.56. The average molecular weight is 545 g/mol. The number of halogens is 1. The van der Waals surface area contributed by atoms with E-state index in [9.17, 15) is 9.65 Å². The van der Waals surface area contributed by atoms with E-state index >= 15 is 0 Å². The fourth-order valence-electron chi connectivity index (χ4n) is 5.35. The summed E-state index contributed by atoms with van der Waals surface area (Å²) in [5.74, 6) is 1.20. The Morgan fingerprint density at radius 2 is 1.85 bits per heavy atom. The number of hydrogen-bond donors (Lipinski definition) is 1. The molecule has 0 unspecified atom stereocenters. The molecule has 11 heteroatoms. The van der Waals surface area contributed by atoms with Gasteiger partial charge in [0, 0.05) is 56.2 Å². The maximum absolute atomic E-state index is 14.5. The van der Waals surface area contributed by atoms with E-state index in [0.717, 1.165) is 51.6 Å². The molecule has 0 amide bonds. The summed E-state index contributed by atoms with van der Waals surface area (Å²) in [5.41, 5.74) is 3.03. The number of nitriles is 1. The van der Waals surface area contributed by atoms with Crippen molar-refractivity contribution in [2.75, 3.05) is 69.7 Å². The SMILES string of the molecule is CN1CC[C@H](Oc2ccc(-c3ncnc(Nc4ccc(N5CCN(C6COC6)CC5)cc4)n3)cc2C#N)[C@H](F)C1. The highest BCUT2D eigenvalue weighted by molar-refractivity contribution is 5.64. The fraction of sp³-hybridized carbons (Fsp3) is 0.448. The normalized spacial score (nSPS) is 22.4. The summed E-state index contributed by atoms with van der Waals surface area (Å²) in [4.78, 5) is 20.0. The van der Waals surface area contributed by atoms with Crippen LogP contribution in [-0.4, -0.2) is 103 Å². The second-order valence-corrected chi connectivity index (χ2v) is 10.6. The van der Waals surface area contributed by atoms with E-state index in [0.29, 0.717) is 47.7 Å². The van der Waals surface area contributed by atoms with E-state index in [1.807, 2.05) is 24.1 Å². The summed E-state index contributed by atoms with van der Waals surface area (Å²) < 4.78 is 25.7. The highest BCUT2D eigenvalue weighted by Gasteiger charge is 2.30. The van der Waals surface area contributed by atoms with Gasteiger partial charge in [-0.25, -0.2) is 14.4 Å². The van der Waals surface area contributed by atoms with Gasteiger partial charge in [-0.05, 0) is 55.9 Å². The topological polar surface area (TPSA) is 103 Å². The van der Waals surface area contributed by atoms with Gasteiger partial charge in [-0.1, -0.05) is 0 Å². The smallest absolute Gasteiger partial charge is 0.230 e. The van der Waals surface area contributed by atoms with E-state index in [1.165, 1.54) is 12.0 Å². The second-order valence-electron chi connectivity index (χ2n) is 10.6. The van der Waals surface area contributed by atoms with Crippen LogP contribution in [0.3, 0.4) is 0 Å². The lowest BCUT2D eigenvalue weighted by atomic mass is 10.1. The van der Waals surface area contributed by atoms with E-state index in [2.05, 4.69) is 48.3 Å². The van der Waals surface area contributed by atoms with E-state index in [4.69, 9.17) is 9.47 Å². The third-order valence-corrected chi connectivity index (χ3v) is 7.83. The van der Waals surface area contributed by atoms with Crippen LogP contribution in [0.15, 0.2) is 48.8 Å². The van der Waals surface area contributed by atoms with Crippen LogP contribution >= 0.6 is 0 Å². The number of piperazine rings is 1. The van der Waals surface area contributed by atoms with Gasteiger partial charge in [0.2, 0.25) is 5.95 Å². The Labute approximate surface area is 233 Å². The van der Waals surface area contributed by atoms with Crippen molar-refractivity contribution in [2.24, 2.45) is 0 Å². The van der Waals surface area contributed by atoms with Crippen molar-refractivity contribution in [1.82, 2.24) is 24.8 Å². The molecular weight excluding hydrogens is 511 g/mol. The van der Waals surface area contributed by atoms with Gasteiger partial charge in [0.05, 0.1) is 24.8 Å². The molecule has 3 fully saturated rings. The van der Waals surface area contributed by atoms with Crippen molar-refractivity contribution in [3.8, 4) is 23.2 Å². The maximum atomic E-state index is 14.5. The third-order valence-electron chi connectivity index (χ3n) is 7.83. The molecule has 0 radical (unpaired) electrons. The number of nitrogens with zero attached hydrogens (tertiary/aromatic N) is 7. The van der Waals surface area contributed by atoms with Crippen molar-refractivity contribution >= 4 is 17.3 Å². The second kappa shape index (κ2) is 11.7. The van der Waals surface area contributed by atoms with E-state index in [-0.39, 0.29) is 0 Å². The summed E-state index contributed by atoms with van der Waals surface area (Å²) in [6, 6.07) is 16.1. The third kappa shape index (κ3) is 5.84. The first kappa shape index (κ1) is 26.4. The lowest BCUT2D eigenvalue weighted by Gasteiger charge is -2.43. The number of anilines is 3. The zero-order valence-corrected chi connectivity index (χ0v) is 22.5. The van der Waals surface area contributed by atoms with Crippen LogP contribution in [0.2, 0.25) is 0 Å². The van der Waals surface area contributed by atoms with E-state index < -0.39 is 12.3 Å². The average Bonchev–Trinajstić information content (AvgIpc) is 2.95. The Bertz CT molecular complexity index is 1350. The van der Waals surface area contributed by atoms with Gasteiger partial charge in [-0.3, -0.25) is 4.90 Å². The van der Waals surface area contributed by atoms with Gasteiger partial charge >= 0.3 is 0 Å². The number of piperidine rings is 1. The molecular formula is C29H33FN8O2. The molecule has 3 saturated heterocycles. The molecule has 0 saturated carbocycles. The number of alkyl halides is 1. The van der Waals surface area contributed by atoms with Gasteiger partial charge < -0.3 is 24.6 Å². The minimum Gasteiger partial charge on any atom is -0.486 e. The predicted molar refractivity (Wildman–Crippen MR) is 150 cm³/mol. The number of rotatable bonds is 7. The summed E-state index contributed by atoms with van der Waals surface area (Å²) >= 11 is 0. The largest absolute Gasteiger partial charge is 0.486 e. The number of aromatic nitrogens is 3. The number of nitrogens with one attached hydrogen (secondary N) is 1. The molecule has 4 heterocycles. The van der Waals surface area contributed by atoms with Crippen LogP contribution < -0.4 is 15.0 Å². The van der Waals surface area contributed by atoms with Gasteiger partial charge in [0.25, 0.3) is 0 Å². The molecule has 0 aliphatic carbocycles. The minimum atomic E-state index is -1.10. The first-order valence-electron chi connectivity index (χ1n) is 13.7. The molecule has 208 valence electrons. The van der Waals surface area contributed by atoms with Crippen molar-refractivity contribution in [1.29, 1.82) is 5.26 Å². The summed E-state index contributed by atoms with van der Waals surface area (Å²) in [6.07, 6.45) is 0.337. The highest BCUT2D eigenvalue weighted by Crippen LogP contribution is 2.28. The van der Waals surface area contributed by atoms with Crippen molar-refractivity contribution in [2.45, 2.75) is 24.7 Å². The van der Waals surface area contributed by atoms with Gasteiger partial charge in [0.1, 0.15) is 30.4 Å². The molecule has 6 rings (SSSR count). The monoisotopic (exact) mass is 544 g/mol. The van der Waals surface area contributed by atoms with Crippen LogP contribution in [0.25, 0.3) is 11.4 Å². The Hall–Kier alpha value is -3.85. The number of benzene rings is 2. The standard InChI is InChI=1S/C29H33FN8O2/c1-36-9-8-27(25(30)16-36)40-26-7-2-20(14-21(26)15-31)28-32-19-33-29(35-28)34-22-3-5-23(6-4-22)37-10-12-38(13-11-37)24-17-39-18-24/h2-7,14,19,24-25,27H,8-13,16-18H2,1H3,(H,32,33,34,35)/t25-,27+/m1/s1. The van der Waals surface area contributed by atoms with Gasteiger partial charge in [-0.2, -0.15) is 10.2 Å². The molecule has 1 N–H and O–H groups in total. The number of likely N-dealkylation sites (tertiary alicyclic amines) is 1. The summed E-state index contributed by atoms with van der Waals surface area (Å²) in [6.45, 7) is 6.90. The van der Waals surface area contributed by atoms with Crippen molar-refractivity contribution < 1.29 is 13.9 Å². The molecule has 3 aliphatic heterocycles. The zero-order chi connectivity index (χ0) is 27.5. The Kier molecular flexibility index (Phi) is 7.73. The van der Waals surface area contributed by atoms with Gasteiger partial charge in [0.15, 0.2) is 5.82 Å². The van der Waals surface area contributed by atoms with Crippen molar-refractivity contribution in [3.05, 3.63) is 54.4 Å². The molecule has 2 aromatic carbocycles. The Balaban J connectivity index is 1.09. The van der Waals surface area contributed by atoms with Crippen LogP contribution in [-0.2, 0) is 4.74 Å². The lowest BCUT2D eigenvalue weighted by molar-refractivity contribution is -0.0660. The summed E-state index contributed by atoms with van der Waals surface area (Å²) in [7, 11) is 1.89. The van der Waals surface area contributed by atoms with Crippen LogP contribution in [0, 0.1) is 11.3 Å². The molecule has 10 nitrogen and oxygen atoms in total. The first-order valence-corrected chi connectivity index (χ1v) is 13.7. The van der Waals surface area contributed by atoms with E-state index in [1.54, 1.807) is 18.2 Å². The molecule has 0 bridgehead atoms. The van der Waals surface area contributed by atoms with Crippen LogP contribution in [0.5, 0.6) is 5.75 Å². The fourth-order valence-corrected chi connectivity index (χ4v) is 5.35. The first-order chi connectivity index (χ1) is 19.6. The predicted octanol–water partition coefficient (Wildman–Crippen LogP) is 3.10. The van der Waals surface area contributed by atoms with Crippen LogP contribution in [0.1, 0.15) is 12.0 Å². The number of ether oxygens (including phenoxy) is 2. The quantitative estimate of drug-likeness (QED) is 0.477. The van der Waals surface area contributed by atoms with Gasteiger partial charge in [-0.15, -0.1) is 0 Å². The number of hydrogen-bond acceptors (Lipinski definition) is 10. The van der Waals surface area contributed by atoms with Crippen LogP contribution in [0.4, 0.5) is 21.7 Å².